The molecule has 4 rings (SSSR count). The minimum atomic E-state index is -3.70. The third-order valence-corrected chi connectivity index (χ3v) is 7.30. The fourth-order valence-electron chi connectivity index (χ4n) is 3.83. The van der Waals surface area contributed by atoms with E-state index in [1.165, 1.54) is 11.4 Å². The van der Waals surface area contributed by atoms with Gasteiger partial charge in [0.2, 0.25) is 0 Å². The molecule has 1 amide bonds. The molecule has 1 heterocycles. The molecule has 0 radical (unpaired) electrons. The SMILES string of the molecule is COC(=O)c1ccc(NC(=O)c2ccc3c(c2)C[C@@H](C)N3S(=O)(=O)c2ccccc2)cc1. The number of carbonyl (C=O) groups excluding carboxylic acids is 2. The van der Waals surface area contributed by atoms with E-state index in [2.05, 4.69) is 10.1 Å². The number of rotatable bonds is 5. The fourth-order valence-corrected chi connectivity index (χ4v) is 5.54. The summed E-state index contributed by atoms with van der Waals surface area (Å²) in [5.41, 5.74) is 2.72. The summed E-state index contributed by atoms with van der Waals surface area (Å²) in [7, 11) is -2.40. The Bertz CT molecular complexity index is 1270. The second kappa shape index (κ2) is 8.47. The van der Waals surface area contributed by atoms with Gasteiger partial charge in [-0.05, 0) is 73.5 Å². The molecule has 3 aromatic carbocycles. The van der Waals surface area contributed by atoms with E-state index >= 15 is 0 Å². The van der Waals surface area contributed by atoms with Gasteiger partial charge in [-0.3, -0.25) is 9.10 Å². The van der Waals surface area contributed by atoms with Crippen LogP contribution in [0.4, 0.5) is 11.4 Å². The molecule has 0 aliphatic carbocycles. The molecule has 0 aromatic heterocycles. The van der Waals surface area contributed by atoms with Crippen molar-refractivity contribution in [1.29, 1.82) is 0 Å². The van der Waals surface area contributed by atoms with Crippen molar-refractivity contribution in [2.75, 3.05) is 16.7 Å². The zero-order valence-electron chi connectivity index (χ0n) is 17.6. The molecule has 0 bridgehead atoms. The number of fused-ring (bicyclic) bond motifs is 1. The molecule has 164 valence electrons. The molecule has 32 heavy (non-hydrogen) atoms. The Morgan fingerprint density at radius 3 is 2.28 bits per heavy atom. The Balaban J connectivity index is 1.56. The van der Waals surface area contributed by atoms with Gasteiger partial charge < -0.3 is 10.1 Å². The highest BCUT2D eigenvalue weighted by atomic mass is 32.2. The van der Waals surface area contributed by atoms with Crippen LogP contribution in [0.5, 0.6) is 0 Å². The first-order valence-corrected chi connectivity index (χ1v) is 11.5. The van der Waals surface area contributed by atoms with E-state index in [1.54, 1.807) is 72.8 Å². The first-order chi connectivity index (χ1) is 15.3. The van der Waals surface area contributed by atoms with E-state index in [-0.39, 0.29) is 16.8 Å². The molecule has 3 aromatic rings. The van der Waals surface area contributed by atoms with Crippen molar-refractivity contribution in [3.8, 4) is 0 Å². The topological polar surface area (TPSA) is 92.8 Å². The average molecular weight is 451 g/mol. The van der Waals surface area contributed by atoms with E-state index in [0.717, 1.165) is 5.56 Å². The second-order valence-electron chi connectivity index (χ2n) is 7.53. The van der Waals surface area contributed by atoms with Crippen LogP contribution < -0.4 is 9.62 Å². The number of nitrogens with zero attached hydrogens (tertiary/aromatic N) is 1. The normalized spacial score (nSPS) is 15.2. The third kappa shape index (κ3) is 3.97. The van der Waals surface area contributed by atoms with Gasteiger partial charge in [-0.15, -0.1) is 0 Å². The van der Waals surface area contributed by atoms with Gasteiger partial charge in [0.05, 0.1) is 23.3 Å². The van der Waals surface area contributed by atoms with E-state index in [4.69, 9.17) is 0 Å². The van der Waals surface area contributed by atoms with Crippen molar-refractivity contribution in [2.45, 2.75) is 24.3 Å². The van der Waals surface area contributed by atoms with Crippen molar-refractivity contribution < 1.29 is 22.7 Å². The number of sulfonamides is 1. The lowest BCUT2D eigenvalue weighted by Gasteiger charge is -2.24. The number of benzene rings is 3. The molecule has 1 aliphatic heterocycles. The minimum Gasteiger partial charge on any atom is -0.465 e. The average Bonchev–Trinajstić information content (AvgIpc) is 3.15. The number of ether oxygens (including phenoxy) is 1. The standard InChI is InChI=1S/C24H22N2O5S/c1-16-14-19-15-18(23(27)25-20-11-8-17(9-12-20)24(28)31-2)10-13-22(19)26(16)32(29,30)21-6-4-3-5-7-21/h3-13,15-16H,14H2,1-2H3,(H,25,27)/t16-/m1/s1. The molecule has 0 unspecified atom stereocenters. The highest BCUT2D eigenvalue weighted by molar-refractivity contribution is 7.92. The second-order valence-corrected chi connectivity index (χ2v) is 9.35. The van der Waals surface area contributed by atoms with Crippen LogP contribution in [-0.2, 0) is 21.2 Å². The van der Waals surface area contributed by atoms with E-state index < -0.39 is 16.0 Å². The van der Waals surface area contributed by atoms with Crippen LogP contribution in [0.15, 0.2) is 77.7 Å². The molecule has 1 aliphatic rings. The van der Waals surface area contributed by atoms with Gasteiger partial charge in [0, 0.05) is 17.3 Å². The monoisotopic (exact) mass is 450 g/mol. The van der Waals surface area contributed by atoms with Crippen LogP contribution >= 0.6 is 0 Å². The summed E-state index contributed by atoms with van der Waals surface area (Å²) in [5.74, 6) is -0.777. The number of methoxy groups -OCH3 is 1. The summed E-state index contributed by atoms with van der Waals surface area (Å²) < 4.78 is 32.4. The number of carbonyl (C=O) groups is 2. The zero-order chi connectivity index (χ0) is 22.9. The zero-order valence-corrected chi connectivity index (χ0v) is 18.4. The largest absolute Gasteiger partial charge is 0.465 e. The molecule has 0 spiro atoms. The Morgan fingerprint density at radius 2 is 1.62 bits per heavy atom. The lowest BCUT2D eigenvalue weighted by Crippen LogP contribution is -2.35. The Hall–Kier alpha value is -3.65. The third-order valence-electron chi connectivity index (χ3n) is 5.36. The highest BCUT2D eigenvalue weighted by Gasteiger charge is 2.36. The van der Waals surface area contributed by atoms with E-state index in [9.17, 15) is 18.0 Å². The number of esters is 1. The highest BCUT2D eigenvalue weighted by Crippen LogP contribution is 2.37. The van der Waals surface area contributed by atoms with Gasteiger partial charge in [-0.2, -0.15) is 0 Å². The number of hydrogen-bond acceptors (Lipinski definition) is 5. The lowest BCUT2D eigenvalue weighted by molar-refractivity contribution is 0.0600. The fraction of sp³-hybridized carbons (Fsp3) is 0.167. The molecular formula is C24H22N2O5S. The van der Waals surface area contributed by atoms with Crippen LogP contribution in [0, 0.1) is 0 Å². The maximum Gasteiger partial charge on any atom is 0.337 e. The Kier molecular flexibility index (Phi) is 5.71. The quantitative estimate of drug-likeness (QED) is 0.596. The summed E-state index contributed by atoms with van der Waals surface area (Å²) in [6.45, 7) is 1.85. The minimum absolute atomic E-state index is 0.233. The van der Waals surface area contributed by atoms with Crippen LogP contribution in [0.25, 0.3) is 0 Å². The number of amides is 1. The van der Waals surface area contributed by atoms with Gasteiger partial charge in [-0.1, -0.05) is 18.2 Å². The van der Waals surface area contributed by atoms with Gasteiger partial charge in [-0.25, -0.2) is 13.2 Å². The first kappa shape index (κ1) is 21.6. The molecular weight excluding hydrogens is 428 g/mol. The maximum absolute atomic E-state index is 13.2. The molecule has 8 heteroatoms. The van der Waals surface area contributed by atoms with Crippen molar-refractivity contribution in [1.82, 2.24) is 0 Å². The van der Waals surface area contributed by atoms with E-state index in [0.29, 0.717) is 28.9 Å². The van der Waals surface area contributed by atoms with Gasteiger partial charge in [0.15, 0.2) is 0 Å². The number of hydrogen-bond donors (Lipinski definition) is 1. The summed E-state index contributed by atoms with van der Waals surface area (Å²) in [5, 5.41) is 2.79. The molecule has 1 N–H and O–H groups in total. The van der Waals surface area contributed by atoms with Crippen molar-refractivity contribution in [3.05, 3.63) is 89.5 Å². The molecule has 0 saturated heterocycles. The predicted molar refractivity (Wildman–Crippen MR) is 121 cm³/mol. The summed E-state index contributed by atoms with van der Waals surface area (Å²) in [6, 6.07) is 19.4. The van der Waals surface area contributed by atoms with E-state index in [1.807, 2.05) is 6.92 Å². The molecule has 1 atom stereocenters. The van der Waals surface area contributed by atoms with Gasteiger partial charge in [0.25, 0.3) is 15.9 Å². The number of anilines is 2. The first-order valence-electron chi connectivity index (χ1n) is 10.0. The summed E-state index contributed by atoms with van der Waals surface area (Å²) >= 11 is 0. The molecule has 0 saturated carbocycles. The maximum atomic E-state index is 13.2. The van der Waals surface area contributed by atoms with Gasteiger partial charge in [0.1, 0.15) is 0 Å². The smallest absolute Gasteiger partial charge is 0.337 e. The summed E-state index contributed by atoms with van der Waals surface area (Å²) in [4.78, 5) is 24.5. The van der Waals surface area contributed by atoms with Gasteiger partial charge >= 0.3 is 5.97 Å². The van der Waals surface area contributed by atoms with Crippen molar-refractivity contribution in [2.24, 2.45) is 0 Å². The summed E-state index contributed by atoms with van der Waals surface area (Å²) in [6.07, 6.45) is 0.510. The number of nitrogens with one attached hydrogen (secondary N) is 1. The van der Waals surface area contributed by atoms with Crippen molar-refractivity contribution >= 4 is 33.3 Å². The Morgan fingerprint density at radius 1 is 0.969 bits per heavy atom. The van der Waals surface area contributed by atoms with Crippen LogP contribution in [0.1, 0.15) is 33.2 Å². The van der Waals surface area contributed by atoms with Crippen LogP contribution in [0.3, 0.4) is 0 Å². The lowest BCUT2D eigenvalue weighted by atomic mass is 10.1. The predicted octanol–water partition coefficient (Wildman–Crippen LogP) is 3.87. The Labute approximate surface area is 186 Å². The molecule has 0 fully saturated rings. The van der Waals surface area contributed by atoms with Crippen molar-refractivity contribution in [3.63, 3.8) is 0 Å². The van der Waals surface area contributed by atoms with Crippen LogP contribution in [-0.4, -0.2) is 33.4 Å². The van der Waals surface area contributed by atoms with Crippen LogP contribution in [0.2, 0.25) is 0 Å². The molecule has 7 nitrogen and oxygen atoms in total.